The Bertz CT molecular complexity index is 649. The van der Waals surface area contributed by atoms with Gasteiger partial charge in [0.2, 0.25) is 0 Å². The van der Waals surface area contributed by atoms with Crippen molar-refractivity contribution < 1.29 is 14.6 Å². The minimum absolute atomic E-state index is 0.0918. The minimum atomic E-state index is -1.03. The molecule has 0 fully saturated rings. The van der Waals surface area contributed by atoms with Crippen molar-refractivity contribution in [1.29, 1.82) is 0 Å². The number of aromatic nitrogens is 3. The number of aromatic carboxylic acids is 1. The van der Waals surface area contributed by atoms with E-state index in [9.17, 15) is 9.90 Å². The molecule has 0 spiro atoms. The van der Waals surface area contributed by atoms with Crippen molar-refractivity contribution in [3.63, 3.8) is 0 Å². The highest BCUT2D eigenvalue weighted by molar-refractivity contribution is 5.98. The van der Waals surface area contributed by atoms with E-state index in [0.717, 1.165) is 31.4 Å². The van der Waals surface area contributed by atoms with Gasteiger partial charge in [0.15, 0.2) is 5.65 Å². The number of ether oxygens (including phenoxy) is 1. The predicted molar refractivity (Wildman–Crippen MR) is 79.8 cm³/mol. The lowest BCUT2D eigenvalue weighted by Crippen LogP contribution is -2.06. The predicted octanol–water partition coefficient (Wildman–Crippen LogP) is 2.93. The molecule has 2 aromatic rings. The first-order chi connectivity index (χ1) is 10.1. The SMILES string of the molecule is CCCCCCOc1c(C(=O)O)cnc2c1c(C)nn2C. The van der Waals surface area contributed by atoms with Crippen LogP contribution in [0.15, 0.2) is 6.20 Å². The van der Waals surface area contributed by atoms with Crippen molar-refractivity contribution in [2.75, 3.05) is 6.61 Å². The van der Waals surface area contributed by atoms with E-state index in [4.69, 9.17) is 4.74 Å². The van der Waals surface area contributed by atoms with E-state index in [1.165, 1.54) is 6.20 Å². The molecule has 114 valence electrons. The number of fused-ring (bicyclic) bond motifs is 1. The summed E-state index contributed by atoms with van der Waals surface area (Å²) in [7, 11) is 1.79. The highest BCUT2D eigenvalue weighted by Crippen LogP contribution is 2.31. The molecule has 0 aliphatic carbocycles. The summed E-state index contributed by atoms with van der Waals surface area (Å²) in [5.74, 6) is -0.647. The zero-order chi connectivity index (χ0) is 15.4. The number of unbranched alkanes of at least 4 members (excludes halogenated alkanes) is 3. The Kier molecular flexibility index (Phi) is 4.77. The lowest BCUT2D eigenvalue weighted by atomic mass is 10.1. The van der Waals surface area contributed by atoms with Crippen LogP contribution in [-0.4, -0.2) is 32.4 Å². The summed E-state index contributed by atoms with van der Waals surface area (Å²) in [5.41, 5.74) is 1.46. The molecule has 0 aromatic carbocycles. The standard InChI is InChI=1S/C15H21N3O3/c1-4-5-6-7-8-21-13-11(15(19)20)9-16-14-12(13)10(2)17-18(14)3/h9H,4-8H2,1-3H3,(H,19,20). The smallest absolute Gasteiger partial charge is 0.341 e. The first-order valence-corrected chi connectivity index (χ1v) is 7.24. The molecule has 2 rings (SSSR count). The summed E-state index contributed by atoms with van der Waals surface area (Å²) in [5, 5.41) is 14.3. The van der Waals surface area contributed by atoms with E-state index >= 15 is 0 Å². The normalized spacial score (nSPS) is 11.0. The number of pyridine rings is 1. The van der Waals surface area contributed by atoms with Gasteiger partial charge in [-0.1, -0.05) is 26.2 Å². The molecule has 1 N–H and O–H groups in total. The Morgan fingerprint density at radius 2 is 2.14 bits per heavy atom. The molecule has 0 amide bonds. The molecular weight excluding hydrogens is 270 g/mol. The van der Waals surface area contributed by atoms with Crippen LogP contribution in [0.25, 0.3) is 11.0 Å². The summed E-state index contributed by atoms with van der Waals surface area (Å²) >= 11 is 0. The number of hydrogen-bond acceptors (Lipinski definition) is 4. The number of carboxylic acid groups (broad SMARTS) is 1. The second kappa shape index (κ2) is 6.56. The summed E-state index contributed by atoms with van der Waals surface area (Å²) < 4.78 is 7.42. The fourth-order valence-electron chi connectivity index (χ4n) is 2.38. The molecule has 2 heterocycles. The molecule has 0 aliphatic heterocycles. The maximum absolute atomic E-state index is 11.4. The monoisotopic (exact) mass is 291 g/mol. The van der Waals surface area contributed by atoms with Crippen LogP contribution in [0.2, 0.25) is 0 Å². The molecule has 0 saturated heterocycles. The topological polar surface area (TPSA) is 77.2 Å². The Balaban J connectivity index is 2.33. The quantitative estimate of drug-likeness (QED) is 0.794. The zero-order valence-electron chi connectivity index (χ0n) is 12.7. The Labute approximate surface area is 123 Å². The number of carbonyl (C=O) groups is 1. The van der Waals surface area contributed by atoms with E-state index in [-0.39, 0.29) is 5.56 Å². The van der Waals surface area contributed by atoms with Gasteiger partial charge in [-0.3, -0.25) is 4.68 Å². The molecule has 0 atom stereocenters. The molecule has 6 heteroatoms. The molecule has 2 aromatic heterocycles. The van der Waals surface area contributed by atoms with Gasteiger partial charge in [0.05, 0.1) is 17.7 Å². The fourth-order valence-corrected chi connectivity index (χ4v) is 2.38. The molecule has 0 radical (unpaired) electrons. The van der Waals surface area contributed by atoms with Gasteiger partial charge < -0.3 is 9.84 Å². The molecule has 0 unspecified atom stereocenters. The van der Waals surface area contributed by atoms with E-state index in [2.05, 4.69) is 17.0 Å². The van der Waals surface area contributed by atoms with Crippen molar-refractivity contribution in [2.24, 2.45) is 7.05 Å². The number of aryl methyl sites for hydroxylation is 2. The van der Waals surface area contributed by atoms with Crippen LogP contribution in [0.4, 0.5) is 0 Å². The lowest BCUT2D eigenvalue weighted by molar-refractivity contribution is 0.0692. The van der Waals surface area contributed by atoms with Gasteiger partial charge in [0.1, 0.15) is 11.3 Å². The van der Waals surface area contributed by atoms with Gasteiger partial charge in [-0.05, 0) is 13.3 Å². The Morgan fingerprint density at radius 3 is 2.81 bits per heavy atom. The second-order valence-corrected chi connectivity index (χ2v) is 5.12. The number of carboxylic acids is 1. The third kappa shape index (κ3) is 3.15. The average Bonchev–Trinajstić information content (AvgIpc) is 2.73. The van der Waals surface area contributed by atoms with Crippen molar-refractivity contribution in [2.45, 2.75) is 39.5 Å². The third-order valence-corrected chi connectivity index (χ3v) is 3.45. The van der Waals surface area contributed by atoms with Gasteiger partial charge in [-0.25, -0.2) is 9.78 Å². The Morgan fingerprint density at radius 1 is 1.38 bits per heavy atom. The highest BCUT2D eigenvalue weighted by atomic mass is 16.5. The maximum atomic E-state index is 11.4. The largest absolute Gasteiger partial charge is 0.492 e. The van der Waals surface area contributed by atoms with Crippen molar-refractivity contribution in [3.8, 4) is 5.75 Å². The van der Waals surface area contributed by atoms with Crippen LogP contribution in [0.5, 0.6) is 5.75 Å². The molecular formula is C15H21N3O3. The third-order valence-electron chi connectivity index (χ3n) is 3.45. The second-order valence-electron chi connectivity index (χ2n) is 5.12. The van der Waals surface area contributed by atoms with E-state index in [1.807, 2.05) is 6.92 Å². The van der Waals surface area contributed by atoms with Gasteiger partial charge in [0, 0.05) is 13.2 Å². The lowest BCUT2D eigenvalue weighted by Gasteiger charge is -2.10. The summed E-state index contributed by atoms with van der Waals surface area (Å²) in [6.45, 7) is 4.49. The van der Waals surface area contributed by atoms with E-state index in [0.29, 0.717) is 23.4 Å². The molecule has 0 saturated carbocycles. The molecule has 6 nitrogen and oxygen atoms in total. The van der Waals surface area contributed by atoms with Crippen molar-refractivity contribution in [3.05, 3.63) is 17.5 Å². The highest BCUT2D eigenvalue weighted by Gasteiger charge is 2.20. The Hall–Kier alpha value is -2.11. The first-order valence-electron chi connectivity index (χ1n) is 7.24. The van der Waals surface area contributed by atoms with Crippen LogP contribution < -0.4 is 4.74 Å². The van der Waals surface area contributed by atoms with Gasteiger partial charge in [0.25, 0.3) is 0 Å². The average molecular weight is 291 g/mol. The van der Waals surface area contributed by atoms with Crippen LogP contribution >= 0.6 is 0 Å². The van der Waals surface area contributed by atoms with Gasteiger partial charge in [-0.2, -0.15) is 5.10 Å². The number of rotatable bonds is 7. The minimum Gasteiger partial charge on any atom is -0.492 e. The number of hydrogen-bond donors (Lipinski definition) is 1. The van der Waals surface area contributed by atoms with Gasteiger partial charge in [-0.15, -0.1) is 0 Å². The molecule has 21 heavy (non-hydrogen) atoms. The maximum Gasteiger partial charge on any atom is 0.341 e. The van der Waals surface area contributed by atoms with Crippen LogP contribution in [-0.2, 0) is 7.05 Å². The summed E-state index contributed by atoms with van der Waals surface area (Å²) in [4.78, 5) is 15.6. The van der Waals surface area contributed by atoms with Crippen molar-refractivity contribution in [1.82, 2.24) is 14.8 Å². The van der Waals surface area contributed by atoms with Gasteiger partial charge >= 0.3 is 5.97 Å². The van der Waals surface area contributed by atoms with E-state index < -0.39 is 5.97 Å². The summed E-state index contributed by atoms with van der Waals surface area (Å²) in [6.07, 6.45) is 5.65. The fraction of sp³-hybridized carbons (Fsp3) is 0.533. The molecule has 0 bridgehead atoms. The van der Waals surface area contributed by atoms with Crippen LogP contribution in [0, 0.1) is 6.92 Å². The zero-order valence-corrected chi connectivity index (χ0v) is 12.7. The summed E-state index contributed by atoms with van der Waals surface area (Å²) in [6, 6.07) is 0. The van der Waals surface area contributed by atoms with Crippen molar-refractivity contribution >= 4 is 17.0 Å². The van der Waals surface area contributed by atoms with Crippen LogP contribution in [0.1, 0.15) is 48.7 Å². The number of nitrogens with zero attached hydrogens (tertiary/aromatic N) is 3. The first kappa shape index (κ1) is 15.3. The molecule has 0 aliphatic rings. The van der Waals surface area contributed by atoms with E-state index in [1.54, 1.807) is 11.7 Å². The van der Waals surface area contributed by atoms with Crippen LogP contribution in [0.3, 0.4) is 0 Å².